The van der Waals surface area contributed by atoms with Gasteiger partial charge in [0.25, 0.3) is 17.5 Å². The molecule has 0 aliphatic carbocycles. The number of nitro groups is 1. The molecule has 0 saturated heterocycles. The van der Waals surface area contributed by atoms with Crippen molar-refractivity contribution in [1.82, 2.24) is 4.90 Å². The van der Waals surface area contributed by atoms with Gasteiger partial charge < -0.3 is 10.1 Å². The maximum absolute atomic E-state index is 13.2. The minimum atomic E-state index is -0.505. The summed E-state index contributed by atoms with van der Waals surface area (Å²) in [5, 5.41) is 14.1. The Labute approximate surface area is 187 Å². The Kier molecular flexibility index (Phi) is 7.37. The second-order valence-corrected chi connectivity index (χ2v) is 7.77. The van der Waals surface area contributed by atoms with E-state index < -0.39 is 16.7 Å². The predicted molar refractivity (Wildman–Crippen MR) is 122 cm³/mol. The van der Waals surface area contributed by atoms with Gasteiger partial charge in [-0.25, -0.2) is 0 Å². The van der Waals surface area contributed by atoms with E-state index in [-0.39, 0.29) is 23.5 Å². The van der Waals surface area contributed by atoms with E-state index in [9.17, 15) is 19.7 Å². The molecule has 1 aliphatic rings. The number of carbonyl (C=O) groups is 2. The van der Waals surface area contributed by atoms with Crippen molar-refractivity contribution in [3.63, 3.8) is 0 Å². The van der Waals surface area contributed by atoms with Crippen molar-refractivity contribution in [1.29, 1.82) is 0 Å². The number of amides is 2. The molecule has 1 aliphatic heterocycles. The van der Waals surface area contributed by atoms with Gasteiger partial charge in [0.05, 0.1) is 10.5 Å². The van der Waals surface area contributed by atoms with Gasteiger partial charge in [-0.3, -0.25) is 24.6 Å². The summed E-state index contributed by atoms with van der Waals surface area (Å²) >= 11 is 0. The van der Waals surface area contributed by atoms with E-state index in [2.05, 4.69) is 19.2 Å². The second-order valence-electron chi connectivity index (χ2n) is 7.77. The van der Waals surface area contributed by atoms with Crippen LogP contribution in [0.5, 0.6) is 0 Å². The maximum Gasteiger partial charge on any atom is 0.278 e. The lowest BCUT2D eigenvalue weighted by Crippen LogP contribution is -2.34. The van der Waals surface area contributed by atoms with E-state index >= 15 is 0 Å². The minimum Gasteiger partial charge on any atom is -0.382 e. The third-order valence-electron chi connectivity index (χ3n) is 5.26. The summed E-state index contributed by atoms with van der Waals surface area (Å²) in [6.45, 7) is 7.31. The van der Waals surface area contributed by atoms with Gasteiger partial charge in [0, 0.05) is 37.6 Å². The molecule has 2 aromatic carbocycles. The average Bonchev–Trinajstić information content (AvgIpc) is 3.01. The zero-order valence-electron chi connectivity index (χ0n) is 18.5. The van der Waals surface area contributed by atoms with Crippen molar-refractivity contribution in [3.05, 3.63) is 75.5 Å². The quantitative estimate of drug-likeness (QED) is 0.257. The van der Waals surface area contributed by atoms with Crippen molar-refractivity contribution >= 4 is 28.8 Å². The van der Waals surface area contributed by atoms with Crippen LogP contribution in [0.4, 0.5) is 11.4 Å². The van der Waals surface area contributed by atoms with Crippen LogP contribution in [-0.4, -0.2) is 41.4 Å². The summed E-state index contributed by atoms with van der Waals surface area (Å²) in [5.41, 5.74) is 2.57. The Morgan fingerprint density at radius 2 is 1.69 bits per heavy atom. The molecule has 0 bridgehead atoms. The molecular formula is C24H27N3O5. The molecule has 0 aromatic heterocycles. The Balaban J connectivity index is 1.94. The number of imide groups is 1. The van der Waals surface area contributed by atoms with Crippen LogP contribution in [0.3, 0.4) is 0 Å². The van der Waals surface area contributed by atoms with Crippen molar-refractivity contribution < 1.29 is 19.2 Å². The molecule has 8 nitrogen and oxygen atoms in total. The minimum absolute atomic E-state index is 0.0847. The fraction of sp³-hybridized carbons (Fsp3) is 0.333. The summed E-state index contributed by atoms with van der Waals surface area (Å²) in [4.78, 5) is 38.0. The molecule has 2 amide bonds. The van der Waals surface area contributed by atoms with Gasteiger partial charge in [-0.2, -0.15) is 0 Å². The smallest absolute Gasteiger partial charge is 0.278 e. The van der Waals surface area contributed by atoms with Crippen LogP contribution in [0.15, 0.2) is 54.2 Å². The van der Waals surface area contributed by atoms with Crippen LogP contribution in [0.1, 0.15) is 44.2 Å². The molecule has 2 aromatic rings. The third-order valence-corrected chi connectivity index (χ3v) is 5.26. The zero-order chi connectivity index (χ0) is 23.3. The Morgan fingerprint density at radius 1 is 1.03 bits per heavy atom. The van der Waals surface area contributed by atoms with E-state index in [1.807, 2.05) is 31.2 Å². The monoisotopic (exact) mass is 437 g/mol. The van der Waals surface area contributed by atoms with Crippen LogP contribution in [-0.2, 0) is 14.3 Å². The van der Waals surface area contributed by atoms with E-state index in [4.69, 9.17) is 4.74 Å². The number of ether oxygens (including phenoxy) is 1. The molecule has 32 heavy (non-hydrogen) atoms. The van der Waals surface area contributed by atoms with Crippen LogP contribution in [0.2, 0.25) is 0 Å². The highest BCUT2D eigenvalue weighted by atomic mass is 16.6. The van der Waals surface area contributed by atoms with Gasteiger partial charge in [0.2, 0.25) is 0 Å². The van der Waals surface area contributed by atoms with Crippen LogP contribution in [0, 0.1) is 10.1 Å². The number of nitro benzene ring substituents is 1. The molecule has 1 N–H and O–H groups in total. The molecular weight excluding hydrogens is 410 g/mol. The molecule has 1 heterocycles. The van der Waals surface area contributed by atoms with Crippen molar-refractivity contribution in [3.8, 4) is 0 Å². The van der Waals surface area contributed by atoms with Gasteiger partial charge in [-0.15, -0.1) is 0 Å². The van der Waals surface area contributed by atoms with Crippen LogP contribution < -0.4 is 5.32 Å². The van der Waals surface area contributed by atoms with E-state index in [0.717, 1.165) is 5.56 Å². The normalized spacial score (nSPS) is 13.9. The number of anilines is 1. The summed E-state index contributed by atoms with van der Waals surface area (Å²) in [6.07, 6.45) is 0.523. The largest absolute Gasteiger partial charge is 0.382 e. The lowest BCUT2D eigenvalue weighted by molar-refractivity contribution is -0.384. The first-order valence-corrected chi connectivity index (χ1v) is 10.6. The SMILES string of the molecule is CCOCCCN1C(=O)C(Nc2ccc(C(C)C)cc2)=C(c2ccc([N+](=O)[O-])cc2)C1=O. The first kappa shape index (κ1) is 23.1. The zero-order valence-corrected chi connectivity index (χ0v) is 18.5. The number of hydrogen-bond acceptors (Lipinski definition) is 6. The highest BCUT2D eigenvalue weighted by molar-refractivity contribution is 6.36. The van der Waals surface area contributed by atoms with Crippen LogP contribution >= 0.6 is 0 Å². The molecule has 168 valence electrons. The number of nitrogens with zero attached hydrogens (tertiary/aromatic N) is 2. The predicted octanol–water partition coefficient (Wildman–Crippen LogP) is 4.34. The summed E-state index contributed by atoms with van der Waals surface area (Å²) < 4.78 is 5.32. The molecule has 0 fully saturated rings. The standard InChI is InChI=1S/C24H27N3O5/c1-4-32-15-5-14-26-23(28)21(18-8-12-20(13-9-18)27(30)31)22(24(26)29)25-19-10-6-17(7-11-19)16(2)3/h6-13,16,25H,4-5,14-15H2,1-3H3. The van der Waals surface area contributed by atoms with Gasteiger partial charge in [0.15, 0.2) is 0 Å². The Hall–Kier alpha value is -3.52. The molecule has 0 atom stereocenters. The Morgan fingerprint density at radius 3 is 2.25 bits per heavy atom. The topological polar surface area (TPSA) is 102 Å². The lowest BCUT2D eigenvalue weighted by Gasteiger charge is -2.15. The van der Waals surface area contributed by atoms with E-state index in [1.54, 1.807) is 0 Å². The summed E-state index contributed by atoms with van der Waals surface area (Å²) in [6, 6.07) is 13.3. The third kappa shape index (κ3) is 5.03. The number of hydrogen-bond donors (Lipinski definition) is 1. The maximum atomic E-state index is 13.2. The van der Waals surface area contributed by atoms with Gasteiger partial charge in [0.1, 0.15) is 5.70 Å². The number of non-ortho nitro benzene ring substituents is 1. The number of rotatable bonds is 10. The highest BCUT2D eigenvalue weighted by Gasteiger charge is 2.39. The van der Waals surface area contributed by atoms with E-state index in [1.165, 1.54) is 29.2 Å². The average molecular weight is 437 g/mol. The lowest BCUT2D eigenvalue weighted by atomic mass is 10.0. The first-order chi connectivity index (χ1) is 15.3. The molecule has 0 spiro atoms. The molecule has 3 rings (SSSR count). The highest BCUT2D eigenvalue weighted by Crippen LogP contribution is 2.32. The molecule has 0 radical (unpaired) electrons. The molecule has 0 saturated carbocycles. The Bertz CT molecular complexity index is 1030. The van der Waals surface area contributed by atoms with Crippen molar-refractivity contribution in [2.75, 3.05) is 25.1 Å². The van der Waals surface area contributed by atoms with Crippen LogP contribution in [0.25, 0.3) is 5.57 Å². The van der Waals surface area contributed by atoms with Gasteiger partial charge in [-0.1, -0.05) is 26.0 Å². The van der Waals surface area contributed by atoms with Crippen molar-refractivity contribution in [2.45, 2.75) is 33.1 Å². The van der Waals surface area contributed by atoms with Gasteiger partial charge in [-0.05, 0) is 54.7 Å². The number of nitrogens with one attached hydrogen (secondary N) is 1. The second kappa shape index (κ2) is 10.2. The van der Waals surface area contributed by atoms with Gasteiger partial charge >= 0.3 is 0 Å². The first-order valence-electron chi connectivity index (χ1n) is 10.6. The van der Waals surface area contributed by atoms with Crippen molar-refractivity contribution in [2.24, 2.45) is 0 Å². The fourth-order valence-electron chi connectivity index (χ4n) is 3.48. The molecule has 8 heteroatoms. The number of benzene rings is 2. The van der Waals surface area contributed by atoms with E-state index in [0.29, 0.717) is 36.8 Å². The summed E-state index contributed by atoms with van der Waals surface area (Å²) in [7, 11) is 0. The fourth-order valence-corrected chi connectivity index (χ4v) is 3.48. The molecule has 0 unspecified atom stereocenters. The summed E-state index contributed by atoms with van der Waals surface area (Å²) in [5.74, 6) is -0.483. The number of carbonyl (C=O) groups excluding carboxylic acids is 2.